The highest BCUT2D eigenvalue weighted by Gasteiger charge is 2.20. The first-order valence-electron chi connectivity index (χ1n) is 7.82. The Labute approximate surface area is 128 Å². The molecular weight excluding hydrogens is 260 g/mol. The Morgan fingerprint density at radius 2 is 1.76 bits per heavy atom. The number of carbonyl (C=O) groups excluding carboxylic acids is 1. The lowest BCUT2D eigenvalue weighted by Crippen LogP contribution is -2.46. The third-order valence-electron chi connectivity index (χ3n) is 4.37. The fraction of sp³-hybridized carbons (Fsp3) is 0.611. The molecule has 1 fully saturated rings. The molecule has 116 valence electrons. The van der Waals surface area contributed by atoms with Crippen molar-refractivity contribution in [3.63, 3.8) is 0 Å². The molecule has 0 spiro atoms. The molecule has 0 atom stereocenters. The van der Waals surface area contributed by atoms with Gasteiger partial charge in [0.1, 0.15) is 0 Å². The summed E-state index contributed by atoms with van der Waals surface area (Å²) < 4.78 is 0. The molecule has 0 amide bonds. The van der Waals surface area contributed by atoms with Gasteiger partial charge in [0.05, 0.1) is 6.54 Å². The summed E-state index contributed by atoms with van der Waals surface area (Å²) in [7, 11) is 2.14. The molecule has 1 aromatic rings. The molecular formula is C18H28N2O. The van der Waals surface area contributed by atoms with Gasteiger partial charge in [-0.1, -0.05) is 32.9 Å². The van der Waals surface area contributed by atoms with Crippen LogP contribution in [0.1, 0.15) is 42.3 Å². The Bertz CT molecular complexity index is 508. The molecule has 2 rings (SSSR count). The van der Waals surface area contributed by atoms with Crippen molar-refractivity contribution < 1.29 is 4.79 Å². The van der Waals surface area contributed by atoms with Gasteiger partial charge >= 0.3 is 0 Å². The highest BCUT2D eigenvalue weighted by Crippen LogP contribution is 2.24. The predicted molar refractivity (Wildman–Crippen MR) is 88.1 cm³/mol. The SMILES string of the molecule is Cc1ccc(C(C)(C)C)cc1C(=O)CN1CCN(C)CC1. The van der Waals surface area contributed by atoms with Crippen LogP contribution in [-0.4, -0.2) is 55.4 Å². The number of benzene rings is 1. The minimum absolute atomic E-state index is 0.0799. The maximum Gasteiger partial charge on any atom is 0.177 e. The van der Waals surface area contributed by atoms with Crippen LogP contribution < -0.4 is 0 Å². The summed E-state index contributed by atoms with van der Waals surface area (Å²) >= 11 is 0. The number of aryl methyl sites for hydroxylation is 1. The van der Waals surface area contributed by atoms with Gasteiger partial charge in [-0.05, 0) is 36.6 Å². The summed E-state index contributed by atoms with van der Waals surface area (Å²) in [5, 5.41) is 0. The molecule has 1 aliphatic heterocycles. The highest BCUT2D eigenvalue weighted by molar-refractivity contribution is 5.99. The number of piperazine rings is 1. The smallest absolute Gasteiger partial charge is 0.177 e. The molecule has 1 aliphatic rings. The molecule has 0 unspecified atom stereocenters. The number of rotatable bonds is 3. The maximum atomic E-state index is 12.6. The zero-order valence-electron chi connectivity index (χ0n) is 14.1. The van der Waals surface area contributed by atoms with Gasteiger partial charge in [-0.2, -0.15) is 0 Å². The average Bonchev–Trinajstić information content (AvgIpc) is 2.40. The second-order valence-electron chi connectivity index (χ2n) is 7.28. The molecule has 3 nitrogen and oxygen atoms in total. The van der Waals surface area contributed by atoms with Crippen molar-refractivity contribution in [2.45, 2.75) is 33.1 Å². The van der Waals surface area contributed by atoms with Gasteiger partial charge in [0, 0.05) is 31.7 Å². The number of hydrogen-bond donors (Lipinski definition) is 0. The van der Waals surface area contributed by atoms with Crippen molar-refractivity contribution in [3.8, 4) is 0 Å². The van der Waals surface area contributed by atoms with Crippen molar-refractivity contribution in [2.75, 3.05) is 39.8 Å². The van der Waals surface area contributed by atoms with Crippen LogP contribution in [0.5, 0.6) is 0 Å². The fourth-order valence-corrected chi connectivity index (χ4v) is 2.68. The van der Waals surface area contributed by atoms with Crippen molar-refractivity contribution in [3.05, 3.63) is 34.9 Å². The Balaban J connectivity index is 2.11. The molecule has 0 aromatic heterocycles. The van der Waals surface area contributed by atoms with E-state index in [4.69, 9.17) is 0 Å². The van der Waals surface area contributed by atoms with Crippen molar-refractivity contribution in [1.82, 2.24) is 9.80 Å². The summed E-state index contributed by atoms with van der Waals surface area (Å²) in [6, 6.07) is 6.31. The average molecular weight is 288 g/mol. The van der Waals surface area contributed by atoms with E-state index in [1.165, 1.54) is 5.56 Å². The Hall–Kier alpha value is -1.19. The molecule has 21 heavy (non-hydrogen) atoms. The summed E-state index contributed by atoms with van der Waals surface area (Å²) in [6.45, 7) is 13.2. The van der Waals surface area contributed by atoms with Crippen molar-refractivity contribution in [1.29, 1.82) is 0 Å². The zero-order valence-corrected chi connectivity index (χ0v) is 14.1. The molecule has 1 heterocycles. The van der Waals surface area contributed by atoms with Crippen LogP contribution in [0.2, 0.25) is 0 Å². The molecule has 0 bridgehead atoms. The van der Waals surface area contributed by atoms with E-state index in [0.717, 1.165) is 37.3 Å². The van der Waals surface area contributed by atoms with E-state index in [9.17, 15) is 4.79 Å². The second kappa shape index (κ2) is 6.29. The van der Waals surface area contributed by atoms with Crippen LogP contribution in [0.3, 0.4) is 0 Å². The minimum Gasteiger partial charge on any atom is -0.304 e. The van der Waals surface area contributed by atoms with Crippen molar-refractivity contribution in [2.24, 2.45) is 0 Å². The first kappa shape index (κ1) is 16.2. The lowest BCUT2D eigenvalue weighted by molar-refractivity contribution is 0.0875. The summed E-state index contributed by atoms with van der Waals surface area (Å²) in [5.41, 5.74) is 3.29. The number of hydrogen-bond acceptors (Lipinski definition) is 3. The summed E-state index contributed by atoms with van der Waals surface area (Å²) in [4.78, 5) is 17.2. The molecule has 1 saturated heterocycles. The van der Waals surface area contributed by atoms with Crippen LogP contribution in [0.25, 0.3) is 0 Å². The van der Waals surface area contributed by atoms with Gasteiger partial charge in [-0.25, -0.2) is 0 Å². The van der Waals surface area contributed by atoms with E-state index in [-0.39, 0.29) is 11.2 Å². The first-order valence-corrected chi connectivity index (χ1v) is 7.82. The highest BCUT2D eigenvalue weighted by atomic mass is 16.1. The van der Waals surface area contributed by atoms with Gasteiger partial charge in [0.15, 0.2) is 5.78 Å². The maximum absolute atomic E-state index is 12.6. The second-order valence-corrected chi connectivity index (χ2v) is 7.28. The standard InChI is InChI=1S/C18H28N2O/c1-14-6-7-15(18(2,3)4)12-16(14)17(21)13-20-10-8-19(5)9-11-20/h6-7,12H,8-11,13H2,1-5H3. The van der Waals surface area contributed by atoms with Crippen LogP contribution in [0.15, 0.2) is 18.2 Å². The van der Waals surface area contributed by atoms with Crippen LogP contribution in [-0.2, 0) is 5.41 Å². The summed E-state index contributed by atoms with van der Waals surface area (Å²) in [5.74, 6) is 0.253. The molecule has 0 radical (unpaired) electrons. The van der Waals surface area contributed by atoms with Gasteiger partial charge in [0.25, 0.3) is 0 Å². The number of Topliss-reactive ketones (excluding diaryl/α,β-unsaturated/α-hetero) is 1. The van der Waals surface area contributed by atoms with Gasteiger partial charge < -0.3 is 4.90 Å². The Kier molecular flexibility index (Phi) is 4.84. The third kappa shape index (κ3) is 4.14. The topological polar surface area (TPSA) is 23.6 Å². The Morgan fingerprint density at radius 3 is 2.33 bits per heavy atom. The quantitative estimate of drug-likeness (QED) is 0.799. The minimum atomic E-state index is 0.0799. The number of nitrogens with zero attached hydrogens (tertiary/aromatic N) is 2. The molecule has 0 saturated carbocycles. The summed E-state index contributed by atoms with van der Waals surface area (Å²) in [6.07, 6.45) is 0. The van der Waals surface area contributed by atoms with Crippen molar-refractivity contribution >= 4 is 5.78 Å². The Morgan fingerprint density at radius 1 is 1.14 bits per heavy atom. The molecule has 0 N–H and O–H groups in total. The van der Waals surface area contributed by atoms with E-state index < -0.39 is 0 Å². The van der Waals surface area contributed by atoms with E-state index in [1.807, 2.05) is 6.92 Å². The first-order chi connectivity index (χ1) is 9.77. The lowest BCUT2D eigenvalue weighted by Gasteiger charge is -2.32. The number of ketones is 1. The van der Waals surface area contributed by atoms with E-state index >= 15 is 0 Å². The molecule has 3 heteroatoms. The van der Waals surface area contributed by atoms with Crippen LogP contribution >= 0.6 is 0 Å². The largest absolute Gasteiger partial charge is 0.304 e. The molecule has 0 aliphatic carbocycles. The number of likely N-dealkylation sites (N-methyl/N-ethyl adjacent to an activating group) is 1. The van der Waals surface area contributed by atoms with Gasteiger partial charge in [0.2, 0.25) is 0 Å². The van der Waals surface area contributed by atoms with E-state index in [2.05, 4.69) is 55.8 Å². The normalized spacial score (nSPS) is 18.0. The molecule has 1 aromatic carbocycles. The van der Waals surface area contributed by atoms with Gasteiger partial charge in [-0.15, -0.1) is 0 Å². The monoisotopic (exact) mass is 288 g/mol. The predicted octanol–water partition coefficient (Wildman–Crippen LogP) is 2.72. The fourth-order valence-electron chi connectivity index (χ4n) is 2.68. The van der Waals surface area contributed by atoms with E-state index in [0.29, 0.717) is 6.54 Å². The van der Waals surface area contributed by atoms with E-state index in [1.54, 1.807) is 0 Å². The zero-order chi connectivity index (χ0) is 15.6. The number of carbonyl (C=O) groups is 1. The third-order valence-corrected chi connectivity index (χ3v) is 4.37. The van der Waals surface area contributed by atoms with Gasteiger partial charge in [-0.3, -0.25) is 9.69 Å². The van der Waals surface area contributed by atoms with Crippen LogP contribution in [0.4, 0.5) is 0 Å². The lowest BCUT2D eigenvalue weighted by atomic mass is 9.84. The van der Waals surface area contributed by atoms with Crippen LogP contribution in [0, 0.1) is 6.92 Å².